The van der Waals surface area contributed by atoms with E-state index in [-0.39, 0.29) is 24.3 Å². The highest BCUT2D eigenvalue weighted by Crippen LogP contribution is 2.53. The Balaban J connectivity index is 0.940. The van der Waals surface area contributed by atoms with E-state index in [4.69, 9.17) is 4.74 Å². The minimum Gasteiger partial charge on any atom is -0.458 e. The predicted molar refractivity (Wildman–Crippen MR) is 424 cm³/mol. The van der Waals surface area contributed by atoms with Gasteiger partial charge in [-0.2, -0.15) is 0 Å². The molecule has 14 aromatic carbocycles. The molecular weight excluding hydrogens is 1210 g/mol. The molecule has 0 aliphatic carbocycles. The van der Waals surface area contributed by atoms with Crippen molar-refractivity contribution >= 4 is 132 Å². The van der Waals surface area contributed by atoms with Crippen LogP contribution in [0.3, 0.4) is 0 Å². The zero-order valence-corrected chi connectivity index (χ0v) is 57.1. The number of fused-ring (bicyclic) bond motifs is 8. The van der Waals surface area contributed by atoms with E-state index < -0.39 is 0 Å². The van der Waals surface area contributed by atoms with E-state index in [2.05, 4.69) is 400 Å². The van der Waals surface area contributed by atoms with Crippen molar-refractivity contribution in [1.29, 1.82) is 0 Å². The maximum atomic E-state index is 7.32. The van der Waals surface area contributed by atoms with Gasteiger partial charge >= 0.3 is 0 Å². The number of anilines is 15. The molecule has 0 bridgehead atoms. The van der Waals surface area contributed by atoms with Crippen LogP contribution in [0, 0.1) is 0 Å². The Bertz CT molecular complexity index is 5410. The average Bonchev–Trinajstić information content (AvgIpc) is 0.686. The Morgan fingerprint density at radius 1 is 0.270 bits per heavy atom. The van der Waals surface area contributed by atoms with Gasteiger partial charge in [-0.1, -0.05) is 260 Å². The lowest BCUT2D eigenvalue weighted by Gasteiger charge is -2.47. The minimum atomic E-state index is -0.224. The minimum absolute atomic E-state index is 0.00130. The summed E-state index contributed by atoms with van der Waals surface area (Å²) in [6.07, 6.45) is 0. The lowest BCUT2D eigenvalue weighted by Crippen LogP contribution is -2.64. The molecular formula is C92H73B2N5O. The van der Waals surface area contributed by atoms with Gasteiger partial charge in [-0.3, -0.25) is 0 Å². The van der Waals surface area contributed by atoms with Crippen LogP contribution in [0.4, 0.5) is 85.3 Å². The van der Waals surface area contributed by atoms with Crippen LogP contribution in [0.5, 0.6) is 11.5 Å². The zero-order chi connectivity index (χ0) is 67.4. The van der Waals surface area contributed by atoms with E-state index in [1.54, 1.807) is 0 Å². The van der Waals surface area contributed by atoms with Crippen molar-refractivity contribution < 1.29 is 4.74 Å². The van der Waals surface area contributed by atoms with Crippen molar-refractivity contribution in [3.05, 3.63) is 345 Å². The Labute approximate surface area is 588 Å². The highest BCUT2D eigenvalue weighted by molar-refractivity contribution is 7.02. The molecule has 100 heavy (non-hydrogen) atoms. The van der Waals surface area contributed by atoms with Gasteiger partial charge in [0.1, 0.15) is 11.5 Å². The Kier molecular flexibility index (Phi) is 14.5. The Hall–Kier alpha value is -12.0. The van der Waals surface area contributed by atoms with E-state index in [9.17, 15) is 0 Å². The third kappa shape index (κ3) is 10.1. The van der Waals surface area contributed by atoms with Crippen molar-refractivity contribution in [2.45, 2.75) is 52.4 Å². The van der Waals surface area contributed by atoms with Gasteiger partial charge in [-0.05, 0) is 175 Å². The maximum Gasteiger partial charge on any atom is 0.256 e. The van der Waals surface area contributed by atoms with E-state index in [0.29, 0.717) is 0 Å². The van der Waals surface area contributed by atoms with Crippen LogP contribution in [0.25, 0.3) is 22.3 Å². The van der Waals surface area contributed by atoms with Crippen LogP contribution in [0.1, 0.15) is 52.7 Å². The van der Waals surface area contributed by atoms with Gasteiger partial charge in [0.2, 0.25) is 0 Å². The van der Waals surface area contributed by atoms with Crippen molar-refractivity contribution in [2.75, 3.05) is 24.5 Å². The van der Waals surface area contributed by atoms with E-state index in [1.807, 2.05) is 0 Å². The fourth-order valence-electron chi connectivity index (χ4n) is 16.1. The second-order valence-electron chi connectivity index (χ2n) is 28.9. The highest BCUT2D eigenvalue weighted by Gasteiger charge is 2.49. The molecule has 6 nitrogen and oxygen atoms in total. The molecule has 0 saturated heterocycles. The van der Waals surface area contributed by atoms with Gasteiger partial charge in [-0.25, -0.2) is 0 Å². The standard InChI is InChI=1S/C92H73B2N5O/c1-91(2,3)64-52-48-62(49-53-64)73-40-22-26-44-79(73)96(68-34-16-9-17-35-68)71-56-84-89-85(57-71)99(80-45-27-23-41-74(80)63-50-54-65(55-51-63)92(4,5)6)81-46-28-24-42-75(81)93(89)77-60-78-83(61-82(77)97(84)69-36-18-10-19-37-69)98(70-38-20-11-21-39-70)86-58-72(59-88-90(86)94(78)76-43-25-29-47-87(76)100-88)95(66-30-12-7-13-31-66)67-32-14-8-15-33-67/h7-61H,1-6H3. The predicted octanol–water partition coefficient (Wildman–Crippen LogP) is 21.0. The van der Waals surface area contributed by atoms with Gasteiger partial charge in [0.05, 0.1) is 22.7 Å². The third-order valence-electron chi connectivity index (χ3n) is 20.7. The lowest BCUT2D eigenvalue weighted by atomic mass is 9.30. The third-order valence-corrected chi connectivity index (χ3v) is 20.7. The molecule has 0 spiro atoms. The molecule has 0 saturated carbocycles. The fourth-order valence-corrected chi connectivity index (χ4v) is 16.1. The van der Waals surface area contributed by atoms with Crippen molar-refractivity contribution in [2.24, 2.45) is 0 Å². The zero-order valence-electron chi connectivity index (χ0n) is 57.1. The summed E-state index contributed by atoms with van der Waals surface area (Å²) in [7, 11) is 0. The van der Waals surface area contributed by atoms with Crippen molar-refractivity contribution in [3.63, 3.8) is 0 Å². The Morgan fingerprint density at radius 2 is 0.680 bits per heavy atom. The van der Waals surface area contributed by atoms with Crippen LogP contribution in [-0.4, -0.2) is 13.4 Å². The highest BCUT2D eigenvalue weighted by atomic mass is 16.5. The molecule has 0 unspecified atom stereocenters. The molecule has 0 radical (unpaired) electrons. The maximum absolute atomic E-state index is 7.32. The van der Waals surface area contributed by atoms with Gasteiger partial charge in [0.25, 0.3) is 13.4 Å². The summed E-state index contributed by atoms with van der Waals surface area (Å²) in [6, 6.07) is 124. The summed E-state index contributed by atoms with van der Waals surface area (Å²) in [5.41, 5.74) is 30.4. The van der Waals surface area contributed by atoms with Crippen LogP contribution >= 0.6 is 0 Å². The molecule has 4 aliphatic heterocycles. The van der Waals surface area contributed by atoms with E-state index >= 15 is 0 Å². The smallest absolute Gasteiger partial charge is 0.256 e. The first-order valence-electron chi connectivity index (χ1n) is 35.0. The number of benzene rings is 14. The molecule has 0 aromatic heterocycles. The number of para-hydroxylation sites is 9. The second kappa shape index (κ2) is 23.9. The molecule has 0 fully saturated rings. The largest absolute Gasteiger partial charge is 0.458 e. The fraction of sp³-hybridized carbons (Fsp3) is 0.0870. The van der Waals surface area contributed by atoms with Crippen molar-refractivity contribution in [1.82, 2.24) is 0 Å². The normalized spacial score (nSPS) is 13.1. The molecule has 8 heteroatoms. The summed E-state index contributed by atoms with van der Waals surface area (Å²) in [4.78, 5) is 12.6. The van der Waals surface area contributed by atoms with Crippen LogP contribution in [0.15, 0.2) is 334 Å². The van der Waals surface area contributed by atoms with Gasteiger partial charge in [0.15, 0.2) is 0 Å². The second-order valence-corrected chi connectivity index (χ2v) is 28.9. The van der Waals surface area contributed by atoms with Crippen LogP contribution in [0.2, 0.25) is 0 Å². The molecule has 14 aromatic rings. The van der Waals surface area contributed by atoms with Crippen molar-refractivity contribution in [3.8, 4) is 33.8 Å². The number of hydrogen-bond donors (Lipinski definition) is 0. The quantitative estimate of drug-likeness (QED) is 0.120. The van der Waals surface area contributed by atoms with E-state index in [0.717, 1.165) is 130 Å². The molecule has 4 heterocycles. The summed E-state index contributed by atoms with van der Waals surface area (Å²) < 4.78 is 7.32. The Morgan fingerprint density at radius 3 is 1.23 bits per heavy atom. The topological polar surface area (TPSA) is 25.4 Å². The summed E-state index contributed by atoms with van der Waals surface area (Å²) in [5.74, 6) is 1.69. The number of hydrogen-bond acceptors (Lipinski definition) is 6. The molecule has 18 rings (SSSR count). The SMILES string of the molecule is CC(C)(C)c1ccc(-c2ccccc2N(c2ccccc2)c2cc3c4c(c2)N(c2ccccc2-c2ccc(C(C)(C)C)cc2)c2ccccc2B4c2cc4c(cc2N3c2ccccc2)N(c2ccccc2)c2cc(N(c3ccccc3)c3ccccc3)cc3c2B4c2ccccc2O3)cc1. The molecule has 478 valence electrons. The number of rotatable bonds is 11. The number of ether oxygens (including phenoxy) is 1. The first-order valence-corrected chi connectivity index (χ1v) is 35.0. The monoisotopic (exact) mass is 1290 g/mol. The van der Waals surface area contributed by atoms with Crippen LogP contribution < -0.4 is 62.0 Å². The van der Waals surface area contributed by atoms with Gasteiger partial charge in [0, 0.05) is 79.8 Å². The number of nitrogens with zero attached hydrogens (tertiary/aromatic N) is 5. The summed E-state index contributed by atoms with van der Waals surface area (Å²) in [6.45, 7) is 13.3. The first kappa shape index (κ1) is 60.4. The van der Waals surface area contributed by atoms with E-state index in [1.165, 1.54) is 33.0 Å². The summed E-state index contributed by atoms with van der Waals surface area (Å²) in [5, 5.41) is 0. The molecule has 0 atom stereocenters. The molecule has 0 N–H and O–H groups in total. The van der Waals surface area contributed by atoms with Gasteiger partial charge < -0.3 is 29.2 Å². The van der Waals surface area contributed by atoms with Gasteiger partial charge in [-0.15, -0.1) is 0 Å². The average molecular weight is 1290 g/mol. The summed E-state index contributed by atoms with van der Waals surface area (Å²) >= 11 is 0. The van der Waals surface area contributed by atoms with Crippen LogP contribution in [-0.2, 0) is 10.8 Å². The lowest BCUT2D eigenvalue weighted by molar-refractivity contribution is 0.487. The molecule has 0 amide bonds. The molecule has 4 aliphatic rings. The first-order chi connectivity index (χ1) is 48.9.